The van der Waals surface area contributed by atoms with Crippen molar-refractivity contribution in [1.29, 1.82) is 0 Å². The molecule has 1 aliphatic rings. The van der Waals surface area contributed by atoms with Crippen molar-refractivity contribution in [1.82, 2.24) is 4.90 Å². The summed E-state index contributed by atoms with van der Waals surface area (Å²) in [6.07, 6.45) is -0.285. The third-order valence-electron chi connectivity index (χ3n) is 5.86. The summed E-state index contributed by atoms with van der Waals surface area (Å²) in [4.78, 5) is 29.2. The van der Waals surface area contributed by atoms with Gasteiger partial charge in [0.2, 0.25) is 0 Å². The maximum absolute atomic E-state index is 13.1. The van der Waals surface area contributed by atoms with Crippen LogP contribution in [0.1, 0.15) is 36.7 Å². The first-order valence-corrected chi connectivity index (χ1v) is 12.3. The van der Waals surface area contributed by atoms with E-state index in [0.717, 1.165) is 11.3 Å². The Bertz CT molecular complexity index is 1220. The molecule has 4 rings (SSSR count). The molecule has 0 unspecified atom stereocenters. The van der Waals surface area contributed by atoms with Crippen LogP contribution in [0.15, 0.2) is 72.8 Å². The molecule has 3 aromatic rings. The van der Waals surface area contributed by atoms with Gasteiger partial charge < -0.3 is 24.6 Å². The van der Waals surface area contributed by atoms with Gasteiger partial charge in [0.1, 0.15) is 23.8 Å². The molecule has 3 aromatic carbocycles. The summed E-state index contributed by atoms with van der Waals surface area (Å²) in [6, 6.07) is 20.7. The third-order valence-corrected chi connectivity index (χ3v) is 5.86. The number of carbonyl (C=O) groups is 2. The summed E-state index contributed by atoms with van der Waals surface area (Å²) in [5, 5.41) is 2.92. The van der Waals surface area contributed by atoms with Crippen molar-refractivity contribution in [3.63, 3.8) is 0 Å². The second-order valence-electron chi connectivity index (χ2n) is 9.87. The summed E-state index contributed by atoms with van der Waals surface area (Å²) in [5.41, 5.74) is 2.38. The fourth-order valence-corrected chi connectivity index (χ4v) is 3.95. The van der Waals surface area contributed by atoms with E-state index in [1.165, 1.54) is 12.1 Å². The van der Waals surface area contributed by atoms with E-state index in [2.05, 4.69) is 10.2 Å². The minimum Gasteiger partial charge on any atom is -0.488 e. The van der Waals surface area contributed by atoms with E-state index >= 15 is 0 Å². The van der Waals surface area contributed by atoms with Crippen LogP contribution in [0.3, 0.4) is 0 Å². The number of ether oxygens (including phenoxy) is 2. The highest BCUT2D eigenvalue weighted by atomic mass is 19.1. The van der Waals surface area contributed by atoms with E-state index in [1.807, 2.05) is 45.0 Å². The zero-order valence-electron chi connectivity index (χ0n) is 21.4. The Morgan fingerprint density at radius 1 is 0.892 bits per heavy atom. The molecule has 7 nitrogen and oxygen atoms in total. The fourth-order valence-electron chi connectivity index (χ4n) is 3.95. The van der Waals surface area contributed by atoms with Gasteiger partial charge in [-0.15, -0.1) is 0 Å². The second kappa shape index (κ2) is 11.3. The van der Waals surface area contributed by atoms with Crippen LogP contribution < -0.4 is 15.0 Å². The summed E-state index contributed by atoms with van der Waals surface area (Å²) in [5.74, 6) is -0.144. The number of amides is 2. The molecule has 0 aliphatic carbocycles. The van der Waals surface area contributed by atoms with Gasteiger partial charge in [0.15, 0.2) is 0 Å². The van der Waals surface area contributed by atoms with Gasteiger partial charge in [0.25, 0.3) is 5.91 Å². The normalized spacial score (nSPS) is 13.7. The summed E-state index contributed by atoms with van der Waals surface area (Å²) < 4.78 is 24.4. The van der Waals surface area contributed by atoms with Gasteiger partial charge in [-0.1, -0.05) is 24.3 Å². The van der Waals surface area contributed by atoms with Crippen molar-refractivity contribution in [3.05, 3.63) is 89.7 Å². The Hall–Kier alpha value is -4.07. The molecular weight excluding hydrogens is 473 g/mol. The Morgan fingerprint density at radius 3 is 2.19 bits per heavy atom. The van der Waals surface area contributed by atoms with Crippen LogP contribution in [-0.4, -0.2) is 48.7 Å². The minimum atomic E-state index is -0.510. The number of rotatable bonds is 6. The van der Waals surface area contributed by atoms with Crippen molar-refractivity contribution in [2.24, 2.45) is 0 Å². The van der Waals surface area contributed by atoms with E-state index in [-0.39, 0.29) is 24.4 Å². The molecule has 37 heavy (non-hydrogen) atoms. The molecule has 1 N–H and O–H groups in total. The van der Waals surface area contributed by atoms with Gasteiger partial charge in [-0.05, 0) is 74.9 Å². The number of hydrogen-bond donors (Lipinski definition) is 1. The van der Waals surface area contributed by atoms with Crippen LogP contribution in [0.4, 0.5) is 20.6 Å². The van der Waals surface area contributed by atoms with Gasteiger partial charge in [-0.2, -0.15) is 0 Å². The molecule has 1 heterocycles. The molecule has 0 radical (unpaired) electrons. The van der Waals surface area contributed by atoms with Gasteiger partial charge in [-0.25, -0.2) is 9.18 Å². The smallest absolute Gasteiger partial charge is 0.410 e. The standard InChI is InChI=1S/C29H32FN3O4/c1-29(2,3)37-28(35)33-18-16-32(17-19-33)24-14-12-23(13-15-24)31-27(34)25-6-4-5-7-26(25)36-20-21-8-10-22(30)11-9-21/h4-15H,16-20H2,1-3H3,(H,31,34). The average molecular weight is 506 g/mol. The highest BCUT2D eigenvalue weighted by Gasteiger charge is 2.26. The van der Waals surface area contributed by atoms with Crippen molar-refractivity contribution in [2.75, 3.05) is 36.4 Å². The van der Waals surface area contributed by atoms with E-state index in [0.29, 0.717) is 43.2 Å². The lowest BCUT2D eigenvalue weighted by Crippen LogP contribution is -2.50. The number of nitrogens with one attached hydrogen (secondary N) is 1. The van der Waals surface area contributed by atoms with E-state index in [4.69, 9.17) is 9.47 Å². The highest BCUT2D eigenvalue weighted by molar-refractivity contribution is 6.06. The molecule has 2 amide bonds. The number of benzene rings is 3. The summed E-state index contributed by atoms with van der Waals surface area (Å²) >= 11 is 0. The van der Waals surface area contributed by atoms with Crippen LogP contribution >= 0.6 is 0 Å². The van der Waals surface area contributed by atoms with Crippen molar-refractivity contribution in [3.8, 4) is 5.75 Å². The maximum Gasteiger partial charge on any atom is 0.410 e. The molecule has 0 saturated carbocycles. The monoisotopic (exact) mass is 505 g/mol. The second-order valence-corrected chi connectivity index (χ2v) is 9.87. The summed E-state index contributed by atoms with van der Waals surface area (Å²) in [6.45, 7) is 8.38. The first-order chi connectivity index (χ1) is 17.7. The summed E-state index contributed by atoms with van der Waals surface area (Å²) in [7, 11) is 0. The Kier molecular flexibility index (Phi) is 7.96. The number of anilines is 2. The molecule has 0 aromatic heterocycles. The van der Waals surface area contributed by atoms with Crippen molar-refractivity contribution < 1.29 is 23.5 Å². The Labute approximate surface area is 216 Å². The third kappa shape index (κ3) is 7.22. The topological polar surface area (TPSA) is 71.1 Å². The molecule has 194 valence electrons. The molecule has 1 fully saturated rings. The first-order valence-electron chi connectivity index (χ1n) is 12.3. The van der Waals surface area contributed by atoms with Crippen molar-refractivity contribution in [2.45, 2.75) is 33.0 Å². The SMILES string of the molecule is CC(C)(C)OC(=O)N1CCN(c2ccc(NC(=O)c3ccccc3OCc3ccc(F)cc3)cc2)CC1. The molecular formula is C29H32FN3O4. The van der Waals surface area contributed by atoms with Crippen molar-refractivity contribution >= 4 is 23.4 Å². The Balaban J connectivity index is 1.32. The van der Waals surface area contributed by atoms with Gasteiger partial charge in [0.05, 0.1) is 5.56 Å². The number of nitrogens with zero attached hydrogens (tertiary/aromatic N) is 2. The molecule has 8 heteroatoms. The maximum atomic E-state index is 13.1. The lowest BCUT2D eigenvalue weighted by molar-refractivity contribution is 0.0240. The highest BCUT2D eigenvalue weighted by Crippen LogP contribution is 2.24. The van der Waals surface area contributed by atoms with Gasteiger partial charge in [0, 0.05) is 37.6 Å². The number of hydrogen-bond acceptors (Lipinski definition) is 5. The molecule has 0 spiro atoms. The van der Waals surface area contributed by atoms with Gasteiger partial charge in [-0.3, -0.25) is 4.79 Å². The van der Waals surface area contributed by atoms with Crippen LogP contribution in [-0.2, 0) is 11.3 Å². The lowest BCUT2D eigenvalue weighted by atomic mass is 10.1. The van der Waals surface area contributed by atoms with Gasteiger partial charge >= 0.3 is 6.09 Å². The molecule has 1 aliphatic heterocycles. The van der Waals surface area contributed by atoms with Crippen LogP contribution in [0, 0.1) is 5.82 Å². The zero-order chi connectivity index (χ0) is 26.4. The van der Waals surface area contributed by atoms with E-state index in [1.54, 1.807) is 41.3 Å². The number of piperazine rings is 1. The average Bonchev–Trinajstić information content (AvgIpc) is 2.88. The number of para-hydroxylation sites is 1. The molecule has 0 atom stereocenters. The Morgan fingerprint density at radius 2 is 1.54 bits per heavy atom. The van der Waals surface area contributed by atoms with Crippen LogP contribution in [0.25, 0.3) is 0 Å². The predicted molar refractivity (Wildman–Crippen MR) is 142 cm³/mol. The largest absolute Gasteiger partial charge is 0.488 e. The quantitative estimate of drug-likeness (QED) is 0.464. The lowest BCUT2D eigenvalue weighted by Gasteiger charge is -2.36. The zero-order valence-corrected chi connectivity index (χ0v) is 21.4. The van der Waals surface area contributed by atoms with E-state index in [9.17, 15) is 14.0 Å². The van der Waals surface area contributed by atoms with E-state index < -0.39 is 5.60 Å². The fraction of sp³-hybridized carbons (Fsp3) is 0.310. The number of halogens is 1. The molecule has 1 saturated heterocycles. The molecule has 0 bridgehead atoms. The predicted octanol–water partition coefficient (Wildman–Crippen LogP) is 5.71. The van der Waals surface area contributed by atoms with Crippen LogP contribution in [0.5, 0.6) is 5.75 Å². The van der Waals surface area contributed by atoms with Crippen LogP contribution in [0.2, 0.25) is 0 Å². The minimum absolute atomic E-state index is 0.223. The first kappa shape index (κ1) is 26.0. The number of carbonyl (C=O) groups excluding carboxylic acids is 2.